The van der Waals surface area contributed by atoms with Gasteiger partial charge in [-0.05, 0) is 24.1 Å². The summed E-state index contributed by atoms with van der Waals surface area (Å²) in [7, 11) is 0. The first kappa shape index (κ1) is 12.7. The van der Waals surface area contributed by atoms with Crippen LogP contribution in [0.3, 0.4) is 0 Å². The van der Waals surface area contributed by atoms with Crippen LogP contribution in [0.15, 0.2) is 54.9 Å². The third-order valence-corrected chi connectivity index (χ3v) is 2.92. The van der Waals surface area contributed by atoms with Gasteiger partial charge in [0.25, 0.3) is 0 Å². The van der Waals surface area contributed by atoms with Crippen molar-refractivity contribution in [2.45, 2.75) is 19.1 Å². The number of rotatable bonds is 5. The Morgan fingerprint density at radius 3 is 2.61 bits per heavy atom. The number of benzene rings is 1. The summed E-state index contributed by atoms with van der Waals surface area (Å²) in [5, 5.41) is 13.6. The molecular weight excluding hydrogens is 224 g/mol. The summed E-state index contributed by atoms with van der Waals surface area (Å²) in [5.74, 6) is 0. The molecule has 1 aromatic carbocycles. The first-order chi connectivity index (χ1) is 8.68. The summed E-state index contributed by atoms with van der Waals surface area (Å²) in [5.41, 5.74) is 1.17. The lowest BCUT2D eigenvalue weighted by molar-refractivity contribution is 0.0566. The molecule has 0 aliphatic rings. The maximum absolute atomic E-state index is 10.4. The second kappa shape index (κ2) is 5.76. The van der Waals surface area contributed by atoms with E-state index in [4.69, 9.17) is 0 Å². The van der Waals surface area contributed by atoms with E-state index in [1.807, 2.05) is 55.6 Å². The molecule has 0 bridgehead atoms. The van der Waals surface area contributed by atoms with Crippen LogP contribution in [-0.2, 0) is 12.1 Å². The number of hydrogen-bond donors (Lipinski definition) is 2. The molecule has 0 saturated carbocycles. The average Bonchev–Trinajstić information content (AvgIpc) is 2.41. The number of aromatic nitrogens is 1. The van der Waals surface area contributed by atoms with Crippen LogP contribution in [0.2, 0.25) is 0 Å². The smallest absolute Gasteiger partial charge is 0.0992 e. The van der Waals surface area contributed by atoms with E-state index in [1.165, 1.54) is 0 Å². The van der Waals surface area contributed by atoms with Crippen LogP contribution < -0.4 is 5.32 Å². The molecule has 94 valence electrons. The van der Waals surface area contributed by atoms with Gasteiger partial charge < -0.3 is 10.4 Å². The van der Waals surface area contributed by atoms with Crippen molar-refractivity contribution in [2.24, 2.45) is 0 Å². The van der Waals surface area contributed by atoms with Crippen LogP contribution in [-0.4, -0.2) is 16.6 Å². The van der Waals surface area contributed by atoms with E-state index in [0.29, 0.717) is 13.1 Å². The van der Waals surface area contributed by atoms with Gasteiger partial charge in [-0.1, -0.05) is 36.4 Å². The Kier molecular flexibility index (Phi) is 4.07. The van der Waals surface area contributed by atoms with Crippen molar-refractivity contribution < 1.29 is 5.11 Å². The quantitative estimate of drug-likeness (QED) is 0.843. The molecule has 1 atom stereocenters. The molecule has 0 aliphatic carbocycles. The van der Waals surface area contributed by atoms with E-state index >= 15 is 0 Å². The minimum absolute atomic E-state index is 0.506. The van der Waals surface area contributed by atoms with Crippen LogP contribution in [0.5, 0.6) is 0 Å². The Bertz CT molecular complexity index is 468. The molecule has 3 nitrogen and oxygen atoms in total. The van der Waals surface area contributed by atoms with E-state index < -0.39 is 5.60 Å². The highest BCUT2D eigenvalue weighted by molar-refractivity contribution is 5.21. The molecule has 1 heterocycles. The molecule has 0 fully saturated rings. The second-order valence-corrected chi connectivity index (χ2v) is 4.60. The van der Waals surface area contributed by atoms with Gasteiger partial charge in [0.05, 0.1) is 5.60 Å². The fourth-order valence-electron chi connectivity index (χ4n) is 1.85. The van der Waals surface area contributed by atoms with Crippen LogP contribution in [0.4, 0.5) is 0 Å². The third kappa shape index (κ3) is 3.39. The fraction of sp³-hybridized carbons (Fsp3) is 0.267. The molecule has 1 aromatic heterocycles. The highest BCUT2D eigenvalue weighted by Gasteiger charge is 2.21. The van der Waals surface area contributed by atoms with Gasteiger partial charge in [-0.25, -0.2) is 0 Å². The highest BCUT2D eigenvalue weighted by atomic mass is 16.3. The van der Waals surface area contributed by atoms with Gasteiger partial charge >= 0.3 is 0 Å². The Labute approximate surface area is 108 Å². The zero-order valence-electron chi connectivity index (χ0n) is 10.5. The lowest BCUT2D eigenvalue weighted by atomic mass is 9.96. The predicted octanol–water partition coefficient (Wildman–Crippen LogP) is 2.08. The van der Waals surface area contributed by atoms with Gasteiger partial charge in [-0.3, -0.25) is 4.98 Å². The van der Waals surface area contributed by atoms with Crippen molar-refractivity contribution in [3.8, 4) is 0 Å². The minimum atomic E-state index is -0.858. The predicted molar refractivity (Wildman–Crippen MR) is 72.0 cm³/mol. The van der Waals surface area contributed by atoms with Gasteiger partial charge in [0, 0.05) is 25.5 Å². The zero-order chi connectivity index (χ0) is 12.8. The molecule has 0 radical (unpaired) electrons. The van der Waals surface area contributed by atoms with E-state index in [0.717, 1.165) is 11.1 Å². The van der Waals surface area contributed by atoms with Crippen LogP contribution in [0.1, 0.15) is 18.1 Å². The van der Waals surface area contributed by atoms with Gasteiger partial charge in [0.1, 0.15) is 0 Å². The van der Waals surface area contributed by atoms with Gasteiger partial charge in [0.2, 0.25) is 0 Å². The molecule has 0 amide bonds. The first-order valence-corrected chi connectivity index (χ1v) is 6.06. The van der Waals surface area contributed by atoms with Crippen molar-refractivity contribution in [1.29, 1.82) is 0 Å². The highest BCUT2D eigenvalue weighted by Crippen LogP contribution is 2.18. The summed E-state index contributed by atoms with van der Waals surface area (Å²) in [6.07, 6.45) is 3.58. The van der Waals surface area contributed by atoms with Crippen LogP contribution in [0.25, 0.3) is 0 Å². The molecule has 3 heteroatoms. The number of hydrogen-bond acceptors (Lipinski definition) is 3. The largest absolute Gasteiger partial charge is 0.384 e. The number of nitrogens with zero attached hydrogens (tertiary/aromatic N) is 1. The number of aliphatic hydroxyl groups is 1. The van der Waals surface area contributed by atoms with Crippen molar-refractivity contribution in [3.05, 3.63) is 66.0 Å². The summed E-state index contributed by atoms with van der Waals surface area (Å²) in [4.78, 5) is 4.06. The number of pyridine rings is 1. The topological polar surface area (TPSA) is 45.1 Å². The minimum Gasteiger partial charge on any atom is -0.384 e. The van der Waals surface area contributed by atoms with Gasteiger partial charge in [-0.2, -0.15) is 0 Å². The third-order valence-electron chi connectivity index (χ3n) is 2.92. The van der Waals surface area contributed by atoms with E-state index in [2.05, 4.69) is 10.3 Å². The van der Waals surface area contributed by atoms with Gasteiger partial charge in [0.15, 0.2) is 0 Å². The molecule has 2 rings (SSSR count). The lowest BCUT2D eigenvalue weighted by Gasteiger charge is -2.24. The second-order valence-electron chi connectivity index (χ2n) is 4.60. The maximum atomic E-state index is 10.4. The molecule has 0 spiro atoms. The van der Waals surface area contributed by atoms with Crippen molar-refractivity contribution in [1.82, 2.24) is 10.3 Å². The van der Waals surface area contributed by atoms with Crippen molar-refractivity contribution in [2.75, 3.05) is 6.54 Å². The molecule has 0 saturated heterocycles. The average molecular weight is 242 g/mol. The molecule has 2 aromatic rings. The maximum Gasteiger partial charge on any atom is 0.0992 e. The van der Waals surface area contributed by atoms with Crippen LogP contribution in [0, 0.1) is 0 Å². The molecule has 0 unspecified atom stereocenters. The Morgan fingerprint density at radius 2 is 1.94 bits per heavy atom. The molecule has 18 heavy (non-hydrogen) atoms. The Balaban J connectivity index is 1.90. The van der Waals surface area contributed by atoms with E-state index in [9.17, 15) is 5.11 Å². The summed E-state index contributed by atoms with van der Waals surface area (Å²) >= 11 is 0. The summed E-state index contributed by atoms with van der Waals surface area (Å²) in [6, 6.07) is 13.6. The zero-order valence-corrected chi connectivity index (χ0v) is 10.5. The van der Waals surface area contributed by atoms with Crippen LogP contribution >= 0.6 is 0 Å². The molecule has 0 aliphatic heterocycles. The SMILES string of the molecule is C[C@](O)(CNCc1cccnc1)c1ccccc1. The summed E-state index contributed by atoms with van der Waals surface area (Å²) in [6.45, 7) is 3.03. The van der Waals surface area contributed by atoms with Gasteiger partial charge in [-0.15, -0.1) is 0 Å². The van der Waals surface area contributed by atoms with Crippen molar-refractivity contribution >= 4 is 0 Å². The number of nitrogens with one attached hydrogen (secondary N) is 1. The molecule has 2 N–H and O–H groups in total. The monoisotopic (exact) mass is 242 g/mol. The standard InChI is InChI=1S/C15H18N2O/c1-15(18,14-7-3-2-4-8-14)12-17-11-13-6-5-9-16-10-13/h2-10,17-18H,11-12H2,1H3/t15-/m0/s1. The Hall–Kier alpha value is -1.71. The fourth-order valence-corrected chi connectivity index (χ4v) is 1.85. The van der Waals surface area contributed by atoms with E-state index in [-0.39, 0.29) is 0 Å². The Morgan fingerprint density at radius 1 is 1.17 bits per heavy atom. The molecular formula is C15H18N2O. The first-order valence-electron chi connectivity index (χ1n) is 6.06. The normalized spacial score (nSPS) is 14.1. The van der Waals surface area contributed by atoms with E-state index in [1.54, 1.807) is 6.20 Å². The summed E-state index contributed by atoms with van der Waals surface area (Å²) < 4.78 is 0. The van der Waals surface area contributed by atoms with Crippen molar-refractivity contribution in [3.63, 3.8) is 0 Å². The lowest BCUT2D eigenvalue weighted by Crippen LogP contribution is -2.35.